The molecule has 3 aliphatic rings. The van der Waals surface area contributed by atoms with Gasteiger partial charge in [-0.25, -0.2) is 4.79 Å². The highest BCUT2D eigenvalue weighted by atomic mass is 16.5. The number of nitrogens with one attached hydrogen (secondary N) is 2. The summed E-state index contributed by atoms with van der Waals surface area (Å²) in [5.41, 5.74) is 3.65. The van der Waals surface area contributed by atoms with Crippen LogP contribution >= 0.6 is 0 Å². The topological polar surface area (TPSA) is 105 Å². The van der Waals surface area contributed by atoms with Crippen LogP contribution in [-0.2, 0) is 14.3 Å². The lowest BCUT2D eigenvalue weighted by molar-refractivity contribution is -0.146. The van der Waals surface area contributed by atoms with E-state index in [9.17, 15) is 14.4 Å². The molecule has 160 valence electrons. The fraction of sp³-hybridized carbons (Fsp3) is 0.375. The first-order valence-electron chi connectivity index (χ1n) is 10.6. The molecule has 0 bridgehead atoms. The van der Waals surface area contributed by atoms with Crippen LogP contribution in [-0.4, -0.2) is 41.3 Å². The predicted molar refractivity (Wildman–Crippen MR) is 112 cm³/mol. The van der Waals surface area contributed by atoms with E-state index < -0.39 is 23.5 Å². The van der Waals surface area contributed by atoms with Crippen LogP contribution in [0.25, 0.3) is 11.1 Å². The van der Waals surface area contributed by atoms with Crippen LogP contribution in [0.5, 0.6) is 0 Å². The summed E-state index contributed by atoms with van der Waals surface area (Å²) in [5.74, 6) is -1.51. The van der Waals surface area contributed by atoms with Crippen LogP contribution in [0.15, 0.2) is 48.5 Å². The lowest BCUT2D eigenvalue weighted by Crippen LogP contribution is -2.55. The van der Waals surface area contributed by atoms with Crippen LogP contribution in [0.2, 0.25) is 0 Å². The number of carboxylic acids is 1. The summed E-state index contributed by atoms with van der Waals surface area (Å²) in [6.45, 7) is 0.195. The third-order valence-corrected chi connectivity index (χ3v) is 6.69. The largest absolute Gasteiger partial charge is 0.481 e. The number of alkyl carbamates (subject to hydrolysis) is 1. The molecule has 31 heavy (non-hydrogen) atoms. The molecule has 2 fully saturated rings. The Morgan fingerprint density at radius 3 is 2.10 bits per heavy atom. The Balaban J connectivity index is 1.18. The Labute approximate surface area is 179 Å². The number of carbonyl (C=O) groups is 3. The minimum Gasteiger partial charge on any atom is -0.481 e. The number of rotatable bonds is 6. The van der Waals surface area contributed by atoms with Gasteiger partial charge in [-0.1, -0.05) is 48.5 Å². The van der Waals surface area contributed by atoms with Crippen molar-refractivity contribution in [2.45, 2.75) is 43.2 Å². The van der Waals surface area contributed by atoms with Gasteiger partial charge in [0.15, 0.2) is 0 Å². The number of fused-ring (bicyclic) bond motifs is 3. The number of amides is 2. The van der Waals surface area contributed by atoms with Crippen molar-refractivity contribution in [2.75, 3.05) is 6.61 Å². The zero-order valence-electron chi connectivity index (χ0n) is 17.0. The summed E-state index contributed by atoms with van der Waals surface area (Å²) < 4.78 is 5.55. The molecular formula is C24H24N2O5. The number of aliphatic carboxylic acids is 1. The second-order valence-corrected chi connectivity index (χ2v) is 8.71. The molecule has 0 atom stereocenters. The van der Waals surface area contributed by atoms with Gasteiger partial charge in [0, 0.05) is 12.0 Å². The summed E-state index contributed by atoms with van der Waals surface area (Å²) in [7, 11) is 0. The van der Waals surface area contributed by atoms with Gasteiger partial charge in [0.25, 0.3) is 0 Å². The molecule has 0 radical (unpaired) electrons. The summed E-state index contributed by atoms with van der Waals surface area (Å²) in [4.78, 5) is 36.0. The van der Waals surface area contributed by atoms with Gasteiger partial charge in [-0.2, -0.15) is 0 Å². The first-order valence-corrected chi connectivity index (χ1v) is 10.6. The van der Waals surface area contributed by atoms with Gasteiger partial charge in [-0.05, 0) is 47.9 Å². The fourth-order valence-electron chi connectivity index (χ4n) is 4.62. The Kier molecular flexibility index (Phi) is 4.68. The highest BCUT2D eigenvalue weighted by molar-refractivity contribution is 5.93. The first kappa shape index (κ1) is 19.6. The van der Waals surface area contributed by atoms with E-state index >= 15 is 0 Å². The van der Waals surface area contributed by atoms with Gasteiger partial charge in [0.05, 0.1) is 5.92 Å². The Hall–Kier alpha value is -3.35. The van der Waals surface area contributed by atoms with Crippen LogP contribution in [0.3, 0.4) is 0 Å². The molecule has 0 aromatic heterocycles. The van der Waals surface area contributed by atoms with Crippen molar-refractivity contribution in [3.63, 3.8) is 0 Å². The second kappa shape index (κ2) is 7.41. The van der Waals surface area contributed by atoms with Crippen molar-refractivity contribution < 1.29 is 24.2 Å². The molecule has 2 amide bonds. The number of ether oxygens (including phenoxy) is 1. The molecule has 2 aromatic carbocycles. The molecule has 0 unspecified atom stereocenters. The maximum atomic E-state index is 12.6. The van der Waals surface area contributed by atoms with Crippen LogP contribution < -0.4 is 10.6 Å². The lowest BCUT2D eigenvalue weighted by Gasteiger charge is -2.34. The molecule has 0 aliphatic heterocycles. The molecule has 5 rings (SSSR count). The summed E-state index contributed by atoms with van der Waals surface area (Å²) in [5, 5.41) is 14.6. The summed E-state index contributed by atoms with van der Waals surface area (Å²) in [6, 6.07) is 16.1. The smallest absolute Gasteiger partial charge is 0.408 e. The van der Waals surface area contributed by atoms with Crippen molar-refractivity contribution >= 4 is 18.0 Å². The first-order chi connectivity index (χ1) is 15.0. The van der Waals surface area contributed by atoms with Gasteiger partial charge in [0.2, 0.25) is 5.91 Å². The van der Waals surface area contributed by atoms with Crippen molar-refractivity contribution in [1.82, 2.24) is 10.6 Å². The molecular weight excluding hydrogens is 396 g/mol. The molecule has 7 nitrogen and oxygen atoms in total. The van der Waals surface area contributed by atoms with Gasteiger partial charge in [-0.15, -0.1) is 0 Å². The van der Waals surface area contributed by atoms with Crippen molar-refractivity contribution in [1.29, 1.82) is 0 Å². The third kappa shape index (κ3) is 3.54. The quantitative estimate of drug-likeness (QED) is 0.666. The van der Waals surface area contributed by atoms with E-state index in [0.717, 1.165) is 22.3 Å². The van der Waals surface area contributed by atoms with E-state index in [1.165, 1.54) is 0 Å². The molecule has 3 aliphatic carbocycles. The zero-order valence-corrected chi connectivity index (χ0v) is 17.0. The minimum atomic E-state index is -0.934. The Bertz CT molecular complexity index is 1010. The second-order valence-electron chi connectivity index (χ2n) is 8.71. The molecule has 0 heterocycles. The number of hydrogen-bond donors (Lipinski definition) is 3. The maximum absolute atomic E-state index is 12.6. The van der Waals surface area contributed by atoms with E-state index in [2.05, 4.69) is 34.9 Å². The Morgan fingerprint density at radius 2 is 1.55 bits per heavy atom. The van der Waals surface area contributed by atoms with Crippen LogP contribution in [0.1, 0.15) is 42.7 Å². The number of hydrogen-bond acceptors (Lipinski definition) is 4. The number of benzene rings is 2. The average Bonchev–Trinajstić information content (AvgIpc) is 3.44. The van der Waals surface area contributed by atoms with Crippen molar-refractivity contribution in [2.24, 2.45) is 5.92 Å². The minimum absolute atomic E-state index is 0.0370. The van der Waals surface area contributed by atoms with Gasteiger partial charge in [-0.3, -0.25) is 9.59 Å². The number of carboxylic acid groups (broad SMARTS) is 1. The van der Waals surface area contributed by atoms with E-state index in [4.69, 9.17) is 9.84 Å². The van der Waals surface area contributed by atoms with Crippen LogP contribution in [0, 0.1) is 5.92 Å². The molecule has 7 heteroatoms. The van der Waals surface area contributed by atoms with Gasteiger partial charge < -0.3 is 20.5 Å². The molecule has 2 saturated carbocycles. The van der Waals surface area contributed by atoms with Gasteiger partial charge >= 0.3 is 12.1 Å². The molecule has 3 N–H and O–H groups in total. The molecule has 0 spiro atoms. The zero-order chi connectivity index (χ0) is 21.6. The highest BCUT2D eigenvalue weighted by Crippen LogP contribution is 2.44. The van der Waals surface area contributed by atoms with Crippen molar-refractivity contribution in [3.05, 3.63) is 59.7 Å². The van der Waals surface area contributed by atoms with Gasteiger partial charge in [0.1, 0.15) is 12.1 Å². The van der Waals surface area contributed by atoms with E-state index in [1.807, 2.05) is 24.3 Å². The molecule has 2 aromatic rings. The Morgan fingerprint density at radius 1 is 0.968 bits per heavy atom. The van der Waals surface area contributed by atoms with Crippen LogP contribution in [0.4, 0.5) is 4.79 Å². The maximum Gasteiger partial charge on any atom is 0.408 e. The summed E-state index contributed by atoms with van der Waals surface area (Å²) >= 11 is 0. The molecule has 0 saturated heterocycles. The van der Waals surface area contributed by atoms with Crippen molar-refractivity contribution in [3.8, 4) is 11.1 Å². The fourth-order valence-corrected chi connectivity index (χ4v) is 4.62. The van der Waals surface area contributed by atoms with E-state index in [1.54, 1.807) is 0 Å². The van der Waals surface area contributed by atoms with E-state index in [-0.39, 0.29) is 24.5 Å². The monoisotopic (exact) mass is 420 g/mol. The normalized spacial score (nSPS) is 22.5. The van der Waals surface area contributed by atoms with E-state index in [0.29, 0.717) is 25.7 Å². The standard InChI is InChI=1S/C24H24N2O5/c27-21(28)14-11-15(12-14)25-22(29)24(9-10-24)26-23(30)31-13-20-18-7-3-1-5-16(18)17-6-2-4-8-19(17)20/h1-8,14-15,20H,9-13H2,(H,25,29)(H,26,30)(H,27,28). The highest BCUT2D eigenvalue weighted by Gasteiger charge is 2.53. The predicted octanol–water partition coefficient (Wildman–Crippen LogP) is 3.04. The summed E-state index contributed by atoms with van der Waals surface area (Å²) in [6.07, 6.45) is 1.37. The SMILES string of the molecule is O=C(NC1(C(=O)NC2CC(C(=O)O)C2)CC1)OCC1c2ccccc2-c2ccccc21. The third-order valence-electron chi connectivity index (χ3n) is 6.69. The lowest BCUT2D eigenvalue weighted by atomic mass is 9.80. The average molecular weight is 420 g/mol. The number of carbonyl (C=O) groups excluding carboxylic acids is 2.